The number of aliphatic hydroxyl groups is 1. The van der Waals surface area contributed by atoms with E-state index in [0.29, 0.717) is 0 Å². The number of benzene rings is 1. The molecule has 0 heterocycles. The van der Waals surface area contributed by atoms with Crippen molar-refractivity contribution in [2.75, 3.05) is 6.61 Å². The molecule has 0 aliphatic carbocycles. The van der Waals surface area contributed by atoms with Crippen molar-refractivity contribution in [1.82, 2.24) is 0 Å². The molecular formula is C12H16O. The van der Waals surface area contributed by atoms with Crippen molar-refractivity contribution < 1.29 is 5.11 Å². The minimum Gasteiger partial charge on any atom is -0.396 e. The van der Waals surface area contributed by atoms with Crippen LogP contribution in [0.2, 0.25) is 0 Å². The first-order chi connectivity index (χ1) is 6.26. The van der Waals surface area contributed by atoms with Crippen LogP contribution < -0.4 is 0 Å². The zero-order valence-corrected chi connectivity index (χ0v) is 8.03. The van der Waals surface area contributed by atoms with Gasteiger partial charge in [-0.05, 0) is 18.9 Å². The molecule has 1 unspecified atom stereocenters. The van der Waals surface area contributed by atoms with Gasteiger partial charge in [-0.15, -0.1) is 6.58 Å². The van der Waals surface area contributed by atoms with Crippen molar-refractivity contribution in [2.24, 2.45) is 5.92 Å². The van der Waals surface area contributed by atoms with Gasteiger partial charge < -0.3 is 5.11 Å². The van der Waals surface area contributed by atoms with Gasteiger partial charge in [0.05, 0.1) is 0 Å². The molecule has 0 aromatic heterocycles. The zero-order chi connectivity index (χ0) is 9.68. The Morgan fingerprint density at radius 1 is 1.54 bits per heavy atom. The second kappa shape index (κ2) is 4.83. The summed E-state index contributed by atoms with van der Waals surface area (Å²) in [7, 11) is 0. The average molecular weight is 176 g/mol. The standard InChI is InChI=1S/C12H16O/c1-3-11(9-13)8-12-6-4-5-10(2)7-12/h3-7,11,13H,1,8-9H2,2H3. The molecule has 0 aliphatic rings. The van der Waals surface area contributed by atoms with E-state index in [1.165, 1.54) is 11.1 Å². The summed E-state index contributed by atoms with van der Waals surface area (Å²) >= 11 is 0. The van der Waals surface area contributed by atoms with Gasteiger partial charge in [0.2, 0.25) is 0 Å². The van der Waals surface area contributed by atoms with Crippen molar-refractivity contribution in [2.45, 2.75) is 13.3 Å². The molecule has 0 fully saturated rings. The van der Waals surface area contributed by atoms with E-state index < -0.39 is 0 Å². The van der Waals surface area contributed by atoms with Crippen LogP contribution >= 0.6 is 0 Å². The summed E-state index contributed by atoms with van der Waals surface area (Å²) in [4.78, 5) is 0. The molecule has 0 saturated carbocycles. The van der Waals surface area contributed by atoms with Gasteiger partial charge in [-0.3, -0.25) is 0 Å². The van der Waals surface area contributed by atoms with Crippen LogP contribution in [0.3, 0.4) is 0 Å². The number of hydrogen-bond donors (Lipinski definition) is 1. The van der Waals surface area contributed by atoms with Crippen LogP contribution in [-0.2, 0) is 6.42 Å². The van der Waals surface area contributed by atoms with E-state index in [0.717, 1.165) is 6.42 Å². The molecule has 0 amide bonds. The molecule has 1 rings (SSSR count). The zero-order valence-electron chi connectivity index (χ0n) is 8.03. The van der Waals surface area contributed by atoms with Crippen LogP contribution in [0.1, 0.15) is 11.1 Å². The lowest BCUT2D eigenvalue weighted by Crippen LogP contribution is -2.05. The quantitative estimate of drug-likeness (QED) is 0.698. The maximum atomic E-state index is 8.99. The van der Waals surface area contributed by atoms with Crippen LogP contribution in [0.15, 0.2) is 36.9 Å². The Bertz CT molecular complexity index is 278. The van der Waals surface area contributed by atoms with Gasteiger partial charge in [-0.1, -0.05) is 35.9 Å². The summed E-state index contributed by atoms with van der Waals surface area (Å²) in [5.41, 5.74) is 2.53. The first kappa shape index (κ1) is 10.0. The molecule has 1 N–H and O–H groups in total. The molecular weight excluding hydrogens is 160 g/mol. The number of hydrogen-bond acceptors (Lipinski definition) is 1. The summed E-state index contributed by atoms with van der Waals surface area (Å²) in [5, 5.41) is 8.99. The van der Waals surface area contributed by atoms with Crippen LogP contribution in [-0.4, -0.2) is 11.7 Å². The van der Waals surface area contributed by atoms with Gasteiger partial charge in [0.25, 0.3) is 0 Å². The monoisotopic (exact) mass is 176 g/mol. The summed E-state index contributed by atoms with van der Waals surface area (Å²) in [6, 6.07) is 8.35. The van der Waals surface area contributed by atoms with Crippen LogP contribution in [0.25, 0.3) is 0 Å². The van der Waals surface area contributed by atoms with Gasteiger partial charge in [0.15, 0.2) is 0 Å². The maximum absolute atomic E-state index is 8.99. The number of aliphatic hydroxyl groups excluding tert-OH is 1. The first-order valence-corrected chi connectivity index (χ1v) is 4.55. The van der Waals surface area contributed by atoms with E-state index in [9.17, 15) is 0 Å². The molecule has 0 aliphatic heterocycles. The predicted molar refractivity (Wildman–Crippen MR) is 55.7 cm³/mol. The van der Waals surface area contributed by atoms with E-state index >= 15 is 0 Å². The van der Waals surface area contributed by atoms with Crippen LogP contribution in [0, 0.1) is 12.8 Å². The Morgan fingerprint density at radius 2 is 2.31 bits per heavy atom. The third kappa shape index (κ3) is 3.03. The minimum absolute atomic E-state index is 0.178. The predicted octanol–water partition coefficient (Wildman–Crippen LogP) is 2.33. The van der Waals surface area contributed by atoms with Gasteiger partial charge in [-0.2, -0.15) is 0 Å². The third-order valence-corrected chi connectivity index (χ3v) is 2.15. The molecule has 1 atom stereocenters. The largest absolute Gasteiger partial charge is 0.396 e. The smallest absolute Gasteiger partial charge is 0.0496 e. The van der Waals surface area contributed by atoms with Gasteiger partial charge >= 0.3 is 0 Å². The Kier molecular flexibility index (Phi) is 3.71. The van der Waals surface area contributed by atoms with Crippen LogP contribution in [0.5, 0.6) is 0 Å². The molecule has 1 aromatic carbocycles. The first-order valence-electron chi connectivity index (χ1n) is 4.55. The van der Waals surface area contributed by atoms with Crippen molar-refractivity contribution >= 4 is 0 Å². The fourth-order valence-electron chi connectivity index (χ4n) is 1.36. The highest BCUT2D eigenvalue weighted by Crippen LogP contribution is 2.10. The number of aryl methyl sites for hydroxylation is 1. The lowest BCUT2D eigenvalue weighted by Gasteiger charge is -2.08. The number of rotatable bonds is 4. The summed E-state index contributed by atoms with van der Waals surface area (Å²) in [5.74, 6) is 0.182. The lowest BCUT2D eigenvalue weighted by atomic mass is 9.99. The van der Waals surface area contributed by atoms with Crippen molar-refractivity contribution in [3.63, 3.8) is 0 Å². The molecule has 0 saturated heterocycles. The molecule has 13 heavy (non-hydrogen) atoms. The van der Waals surface area contributed by atoms with Crippen molar-refractivity contribution in [3.8, 4) is 0 Å². The third-order valence-electron chi connectivity index (χ3n) is 2.15. The van der Waals surface area contributed by atoms with E-state index in [2.05, 4.69) is 31.7 Å². The summed E-state index contributed by atoms with van der Waals surface area (Å²) in [6.45, 7) is 5.94. The second-order valence-corrected chi connectivity index (χ2v) is 3.37. The Balaban J connectivity index is 2.67. The van der Waals surface area contributed by atoms with Crippen molar-refractivity contribution in [1.29, 1.82) is 0 Å². The maximum Gasteiger partial charge on any atom is 0.0496 e. The molecule has 1 aromatic rings. The molecule has 0 spiro atoms. The summed E-state index contributed by atoms with van der Waals surface area (Å²) in [6.07, 6.45) is 2.68. The Labute approximate surface area is 79.7 Å². The highest BCUT2D eigenvalue weighted by molar-refractivity contribution is 5.23. The Hall–Kier alpha value is -1.08. The lowest BCUT2D eigenvalue weighted by molar-refractivity contribution is 0.252. The van der Waals surface area contributed by atoms with E-state index in [1.54, 1.807) is 0 Å². The topological polar surface area (TPSA) is 20.2 Å². The Morgan fingerprint density at radius 3 is 2.85 bits per heavy atom. The highest BCUT2D eigenvalue weighted by atomic mass is 16.3. The SMILES string of the molecule is C=CC(CO)Cc1cccc(C)c1. The second-order valence-electron chi connectivity index (χ2n) is 3.37. The van der Waals surface area contributed by atoms with Gasteiger partial charge in [0, 0.05) is 12.5 Å². The fourth-order valence-corrected chi connectivity index (χ4v) is 1.36. The van der Waals surface area contributed by atoms with Gasteiger partial charge in [-0.25, -0.2) is 0 Å². The molecule has 1 heteroatoms. The highest BCUT2D eigenvalue weighted by Gasteiger charge is 2.03. The fraction of sp³-hybridized carbons (Fsp3) is 0.333. The van der Waals surface area contributed by atoms with Gasteiger partial charge in [0.1, 0.15) is 0 Å². The minimum atomic E-state index is 0.178. The molecule has 0 bridgehead atoms. The van der Waals surface area contributed by atoms with E-state index in [4.69, 9.17) is 5.11 Å². The molecule has 0 radical (unpaired) electrons. The molecule has 1 nitrogen and oxygen atoms in total. The normalized spacial score (nSPS) is 12.5. The van der Waals surface area contributed by atoms with E-state index in [1.807, 2.05) is 12.1 Å². The summed E-state index contributed by atoms with van der Waals surface area (Å²) < 4.78 is 0. The molecule has 70 valence electrons. The van der Waals surface area contributed by atoms with Crippen molar-refractivity contribution in [3.05, 3.63) is 48.0 Å². The van der Waals surface area contributed by atoms with E-state index in [-0.39, 0.29) is 12.5 Å². The average Bonchev–Trinajstić information content (AvgIpc) is 2.14. The van der Waals surface area contributed by atoms with Crippen LogP contribution in [0.4, 0.5) is 0 Å².